The van der Waals surface area contributed by atoms with Gasteiger partial charge in [-0.05, 0) is 113 Å². The molecule has 2 saturated carbocycles. The van der Waals surface area contributed by atoms with Gasteiger partial charge < -0.3 is 29.0 Å². The number of hydrogen-bond donors (Lipinski definition) is 2. The minimum Gasteiger partial charge on any atom is -0.461 e. The van der Waals surface area contributed by atoms with Gasteiger partial charge in [0.25, 0.3) is 5.91 Å². The van der Waals surface area contributed by atoms with Crippen LogP contribution in [0.3, 0.4) is 0 Å². The Balaban J connectivity index is 1.42. The van der Waals surface area contributed by atoms with Crippen molar-refractivity contribution in [1.29, 1.82) is 0 Å². The van der Waals surface area contributed by atoms with Gasteiger partial charge in [-0.25, -0.2) is 0 Å². The Morgan fingerprint density at radius 1 is 1.06 bits per heavy atom. The highest BCUT2D eigenvalue weighted by Gasteiger charge is 2.76. The van der Waals surface area contributed by atoms with Gasteiger partial charge in [0.2, 0.25) is 5.78 Å². The molecule has 0 spiro atoms. The fourth-order valence-corrected chi connectivity index (χ4v) is 9.68. The predicted molar refractivity (Wildman–Crippen MR) is 189 cm³/mol. The standard InChI is InChI=1S/C41H55NO8/c1-27-10-7-17-38(4)32(30-15-13-28(24-29(43)14-12-27)25-31(30)34(44)33-11-8-23-49-33)16-18-40(38,47)26-42(21-9-22-48-6)35(45)41-20-19-39(5,36(46)50-41)37(41,2)3/h8,10-11,13,15,23,25,29,32,43,47H,7,9,12,14,16-22,24,26H2,1-6H3/t29-,32-,38-,39-,40+,41+/m0/s1. The van der Waals surface area contributed by atoms with E-state index in [9.17, 15) is 24.6 Å². The first kappa shape index (κ1) is 36.5. The smallest absolute Gasteiger partial charge is 0.313 e. The summed E-state index contributed by atoms with van der Waals surface area (Å²) < 4.78 is 17.0. The summed E-state index contributed by atoms with van der Waals surface area (Å²) in [5.41, 5.74) is -1.40. The molecule has 50 heavy (non-hydrogen) atoms. The Labute approximate surface area is 296 Å². The Morgan fingerprint density at radius 2 is 1.84 bits per heavy atom. The molecule has 1 amide bonds. The number of esters is 1. The molecule has 9 nitrogen and oxygen atoms in total. The van der Waals surface area contributed by atoms with Crippen molar-refractivity contribution in [2.24, 2.45) is 16.2 Å². The number of ether oxygens (including phenoxy) is 2. The van der Waals surface area contributed by atoms with Gasteiger partial charge in [-0.1, -0.05) is 44.6 Å². The van der Waals surface area contributed by atoms with Gasteiger partial charge in [0.1, 0.15) is 0 Å². The number of aliphatic hydroxyl groups excluding tert-OH is 1. The second kappa shape index (κ2) is 13.4. The maximum absolute atomic E-state index is 14.8. The van der Waals surface area contributed by atoms with E-state index in [4.69, 9.17) is 13.9 Å². The molecule has 1 aromatic carbocycles. The van der Waals surface area contributed by atoms with Crippen molar-refractivity contribution in [2.75, 3.05) is 26.8 Å². The van der Waals surface area contributed by atoms with Crippen LogP contribution < -0.4 is 0 Å². The van der Waals surface area contributed by atoms with Gasteiger partial charge in [0, 0.05) is 36.7 Å². The Morgan fingerprint density at radius 3 is 2.50 bits per heavy atom. The number of carbonyl (C=O) groups excluding carboxylic acids is 3. The number of rotatable bonds is 9. The van der Waals surface area contributed by atoms with Crippen LogP contribution in [0.25, 0.3) is 0 Å². The molecule has 9 heteroatoms. The Bertz CT molecular complexity index is 1650. The van der Waals surface area contributed by atoms with Gasteiger partial charge >= 0.3 is 5.97 Å². The largest absolute Gasteiger partial charge is 0.461 e. The van der Waals surface area contributed by atoms with Crippen LogP contribution in [0.2, 0.25) is 0 Å². The number of carbonyl (C=O) groups is 3. The lowest BCUT2D eigenvalue weighted by atomic mass is 9.64. The summed E-state index contributed by atoms with van der Waals surface area (Å²) in [7, 11) is 1.63. The van der Waals surface area contributed by atoms with E-state index in [1.54, 1.807) is 24.1 Å². The number of ketones is 1. The lowest BCUT2D eigenvalue weighted by Crippen LogP contribution is -2.60. The lowest BCUT2D eigenvalue weighted by molar-refractivity contribution is -0.177. The van der Waals surface area contributed by atoms with E-state index in [2.05, 4.69) is 19.9 Å². The summed E-state index contributed by atoms with van der Waals surface area (Å²) in [5.74, 6) is -0.774. The van der Waals surface area contributed by atoms with E-state index in [1.165, 1.54) is 11.8 Å². The van der Waals surface area contributed by atoms with Gasteiger partial charge in [0.15, 0.2) is 11.4 Å². The Kier molecular flexibility index (Phi) is 9.76. The molecule has 0 radical (unpaired) electrons. The summed E-state index contributed by atoms with van der Waals surface area (Å²) in [4.78, 5) is 43.8. The summed E-state index contributed by atoms with van der Waals surface area (Å²) >= 11 is 0. The molecule has 0 unspecified atom stereocenters. The van der Waals surface area contributed by atoms with E-state index >= 15 is 0 Å². The molecule has 2 heterocycles. The maximum atomic E-state index is 14.8. The highest BCUT2D eigenvalue weighted by Crippen LogP contribution is 2.66. The molecule has 6 atom stereocenters. The average molecular weight is 690 g/mol. The first-order valence-electron chi connectivity index (χ1n) is 18.4. The molecule has 2 aromatic rings. The fourth-order valence-electron chi connectivity index (χ4n) is 9.68. The normalized spacial score (nSPS) is 33.4. The number of fused-ring (bicyclic) bond motifs is 10. The predicted octanol–water partition coefficient (Wildman–Crippen LogP) is 6.54. The molecule has 1 aromatic heterocycles. The molecule has 5 aliphatic rings. The molecule has 1 saturated heterocycles. The summed E-state index contributed by atoms with van der Waals surface area (Å²) in [6.45, 7) is 10.9. The van der Waals surface area contributed by atoms with Crippen molar-refractivity contribution >= 4 is 17.7 Å². The minimum absolute atomic E-state index is 0.0725. The van der Waals surface area contributed by atoms with Crippen LogP contribution in [0.15, 0.2) is 52.7 Å². The number of nitrogens with zero attached hydrogens (tertiary/aromatic N) is 1. The molecule has 272 valence electrons. The van der Waals surface area contributed by atoms with Gasteiger partial charge in [0.05, 0.1) is 29.9 Å². The topological polar surface area (TPSA) is 127 Å². The van der Waals surface area contributed by atoms with Crippen molar-refractivity contribution in [3.63, 3.8) is 0 Å². The quantitative estimate of drug-likeness (QED) is 0.132. The summed E-state index contributed by atoms with van der Waals surface area (Å²) in [6, 6.07) is 9.25. The minimum atomic E-state index is -1.32. The van der Waals surface area contributed by atoms with Gasteiger partial charge in [-0.3, -0.25) is 14.4 Å². The molecular weight excluding hydrogens is 634 g/mol. The fraction of sp³-hybridized carbons (Fsp3) is 0.634. The van der Waals surface area contributed by atoms with Crippen LogP contribution in [-0.2, 0) is 25.5 Å². The number of furan rings is 1. The number of benzene rings is 1. The second-order valence-electron chi connectivity index (χ2n) is 16.5. The monoisotopic (exact) mass is 689 g/mol. The van der Waals surface area contributed by atoms with Crippen LogP contribution >= 0.6 is 0 Å². The zero-order chi connectivity index (χ0) is 36.1. The third kappa shape index (κ3) is 5.77. The van der Waals surface area contributed by atoms with Crippen molar-refractivity contribution in [2.45, 2.75) is 122 Å². The Hall–Kier alpha value is -3.27. The second-order valence-corrected chi connectivity index (χ2v) is 16.5. The van der Waals surface area contributed by atoms with Crippen molar-refractivity contribution in [3.05, 3.63) is 70.7 Å². The molecule has 3 fully saturated rings. The lowest BCUT2D eigenvalue weighted by Gasteiger charge is -2.47. The van der Waals surface area contributed by atoms with Gasteiger partial charge in [-0.2, -0.15) is 0 Å². The number of aliphatic hydroxyl groups is 2. The van der Waals surface area contributed by atoms with Crippen LogP contribution in [-0.4, -0.2) is 76.9 Å². The highest BCUT2D eigenvalue weighted by molar-refractivity contribution is 6.08. The van der Waals surface area contributed by atoms with E-state index in [0.29, 0.717) is 76.5 Å². The van der Waals surface area contributed by atoms with E-state index in [-0.39, 0.29) is 35.9 Å². The SMILES string of the molecule is COCCCN(C[C@]1(O)CC[C@H]2c3ccc(cc3C(=O)c3ccco3)C[C@@H](O)CCC(C)=CCC[C@@]21C)C(=O)[C@@]12CC[C@@](C)(C(=O)O1)C2(C)C. The molecular formula is C41H55NO8. The van der Waals surface area contributed by atoms with E-state index in [0.717, 1.165) is 17.5 Å². The van der Waals surface area contributed by atoms with Crippen LogP contribution in [0.5, 0.6) is 0 Å². The van der Waals surface area contributed by atoms with Crippen molar-refractivity contribution in [1.82, 2.24) is 4.90 Å². The highest BCUT2D eigenvalue weighted by atomic mass is 16.6. The molecule has 1 aliphatic heterocycles. The zero-order valence-corrected chi connectivity index (χ0v) is 30.7. The van der Waals surface area contributed by atoms with E-state index < -0.39 is 33.6 Å². The third-order valence-corrected chi connectivity index (χ3v) is 13.6. The zero-order valence-electron chi connectivity index (χ0n) is 30.7. The average Bonchev–Trinajstić information content (AvgIpc) is 3.78. The van der Waals surface area contributed by atoms with Crippen LogP contribution in [0, 0.1) is 16.2 Å². The summed E-state index contributed by atoms with van der Waals surface area (Å²) in [6.07, 6.45) is 8.88. The molecule has 7 rings (SSSR count). The summed E-state index contributed by atoms with van der Waals surface area (Å²) in [5, 5.41) is 23.9. The third-order valence-electron chi connectivity index (χ3n) is 13.6. The number of allylic oxidation sites excluding steroid dienone is 2. The van der Waals surface area contributed by atoms with Crippen LogP contribution in [0.1, 0.15) is 126 Å². The van der Waals surface area contributed by atoms with Crippen molar-refractivity contribution < 1.29 is 38.5 Å². The first-order chi connectivity index (χ1) is 23.6. The molecule has 4 bridgehead atoms. The molecule has 4 aliphatic carbocycles. The van der Waals surface area contributed by atoms with Crippen LogP contribution in [0.4, 0.5) is 0 Å². The number of hydrogen-bond acceptors (Lipinski definition) is 8. The maximum Gasteiger partial charge on any atom is 0.313 e. The molecule has 2 N–H and O–H groups in total. The number of methoxy groups -OCH3 is 1. The first-order valence-corrected chi connectivity index (χ1v) is 18.4. The van der Waals surface area contributed by atoms with Gasteiger partial charge in [-0.15, -0.1) is 0 Å². The number of amides is 1. The van der Waals surface area contributed by atoms with Crippen molar-refractivity contribution in [3.8, 4) is 0 Å². The van der Waals surface area contributed by atoms with E-state index in [1.807, 2.05) is 39.0 Å².